The second-order valence-corrected chi connectivity index (χ2v) is 4.40. The maximum atomic E-state index is 12.5. The molecule has 1 heterocycles. The van der Waals surface area contributed by atoms with Crippen LogP contribution in [-0.2, 0) is 14.4 Å². The van der Waals surface area contributed by atoms with Gasteiger partial charge in [-0.05, 0) is 10.8 Å². The van der Waals surface area contributed by atoms with Crippen molar-refractivity contribution in [2.24, 2.45) is 0 Å². The summed E-state index contributed by atoms with van der Waals surface area (Å²) in [6.45, 7) is 2.28. The fraction of sp³-hybridized carbons (Fsp3) is 0.143. The molecular formula is C14H11N5O4. The maximum absolute atomic E-state index is 12.5. The zero-order valence-corrected chi connectivity index (χ0v) is 12.3. The summed E-state index contributed by atoms with van der Waals surface area (Å²) in [6.07, 6.45) is 0. The molecule has 0 aliphatic carbocycles. The Morgan fingerprint density at radius 2 is 1.78 bits per heavy atom. The lowest BCUT2D eigenvalue weighted by Crippen LogP contribution is -2.37. The number of imide groups is 1. The molecule has 0 unspecified atom stereocenters. The van der Waals surface area contributed by atoms with E-state index in [9.17, 15) is 19.2 Å². The van der Waals surface area contributed by atoms with Crippen LogP contribution in [0.2, 0.25) is 0 Å². The van der Waals surface area contributed by atoms with Gasteiger partial charge >= 0.3 is 0 Å². The topological polar surface area (TPSA) is 115 Å². The molecule has 0 radical (unpaired) electrons. The Hall–Kier alpha value is -3.45. The fourth-order valence-electron chi connectivity index (χ4n) is 1.75. The molecule has 0 aliphatic rings. The molecule has 1 aromatic carbocycles. The van der Waals surface area contributed by atoms with Crippen molar-refractivity contribution in [1.29, 1.82) is 0 Å². The number of benzene rings is 1. The molecule has 2 amide bonds. The Bertz CT molecular complexity index is 821. The Balaban J connectivity index is 2.44. The van der Waals surface area contributed by atoms with Crippen LogP contribution in [0.4, 0.5) is 5.95 Å². The highest BCUT2D eigenvalue weighted by Crippen LogP contribution is 2.17. The molecule has 23 heavy (non-hydrogen) atoms. The number of anilines is 1. The van der Waals surface area contributed by atoms with Gasteiger partial charge in [-0.15, -0.1) is 5.10 Å². The average Bonchev–Trinajstić information content (AvgIpc) is 2.98. The summed E-state index contributed by atoms with van der Waals surface area (Å²) >= 11 is 0. The number of hydrogen-bond acceptors (Lipinski definition) is 7. The van der Waals surface area contributed by atoms with Crippen molar-refractivity contribution in [3.63, 3.8) is 0 Å². The summed E-state index contributed by atoms with van der Waals surface area (Å²) in [5, 5.41) is 10.6. The van der Waals surface area contributed by atoms with Crippen LogP contribution in [0.15, 0.2) is 30.3 Å². The van der Waals surface area contributed by atoms with E-state index in [2.05, 4.69) is 15.4 Å². The van der Waals surface area contributed by atoms with Gasteiger partial charge in [-0.25, -0.2) is 9.69 Å². The number of nitrogens with zero attached hydrogens (tertiary/aromatic N) is 5. The summed E-state index contributed by atoms with van der Waals surface area (Å²) in [4.78, 5) is 47.8. The molecule has 2 aromatic rings. The molecule has 0 N–H and O–H groups in total. The number of amides is 2. The van der Waals surface area contributed by atoms with E-state index in [4.69, 9.17) is 0 Å². The highest BCUT2D eigenvalue weighted by molar-refractivity contribution is 6.37. The van der Waals surface area contributed by atoms with Crippen LogP contribution in [0, 0.1) is 0 Å². The lowest BCUT2D eigenvalue weighted by molar-refractivity contribution is -0.122. The van der Waals surface area contributed by atoms with E-state index < -0.39 is 23.7 Å². The first kappa shape index (κ1) is 15.9. The molecule has 0 bridgehead atoms. The predicted octanol–water partition coefficient (Wildman–Crippen LogP) is 0.128. The lowest BCUT2D eigenvalue weighted by atomic mass is 10.1. The zero-order valence-electron chi connectivity index (χ0n) is 12.3. The molecule has 0 saturated heterocycles. The minimum absolute atomic E-state index is 0.290. The monoisotopic (exact) mass is 313 g/mol. The van der Waals surface area contributed by atoms with E-state index in [0.717, 1.165) is 6.92 Å². The molecule has 0 fully saturated rings. The second-order valence-electron chi connectivity index (χ2n) is 4.40. The van der Waals surface area contributed by atoms with Crippen molar-refractivity contribution in [2.75, 3.05) is 4.90 Å². The number of tetrazole rings is 1. The van der Waals surface area contributed by atoms with Crippen molar-refractivity contribution in [3.05, 3.63) is 35.9 Å². The van der Waals surface area contributed by atoms with Gasteiger partial charge in [0.15, 0.2) is 0 Å². The van der Waals surface area contributed by atoms with Gasteiger partial charge in [0.25, 0.3) is 17.8 Å². The minimum atomic E-state index is -0.957. The van der Waals surface area contributed by atoms with Gasteiger partial charge in [-0.1, -0.05) is 40.2 Å². The summed E-state index contributed by atoms with van der Waals surface area (Å²) in [5.41, 5.74) is -0.0716. The fourth-order valence-corrected chi connectivity index (χ4v) is 1.75. The Morgan fingerprint density at radius 1 is 1.13 bits per heavy atom. The highest BCUT2D eigenvalue weighted by Gasteiger charge is 2.29. The minimum Gasteiger partial charge on any atom is -0.274 e. The molecule has 1 aromatic heterocycles. The summed E-state index contributed by atoms with van der Waals surface area (Å²) in [6, 6.07) is 8.01. The number of carbonyl (C=O) groups is 3. The smallest absolute Gasteiger partial charge is 0.274 e. The third kappa shape index (κ3) is 3.25. The average molecular weight is 313 g/mol. The zero-order chi connectivity index (χ0) is 17.0. The molecule has 0 atom stereocenters. The molecule has 0 aliphatic heterocycles. The van der Waals surface area contributed by atoms with E-state index in [0.29, 0.717) is 9.70 Å². The summed E-state index contributed by atoms with van der Waals surface area (Å²) in [5.74, 6) is -1.11. The SMILES string of the molecule is CC(=O)N(C(=O)C(=C=O)c1ccccc1)c1nnn(C(C)=O)n1. The van der Waals surface area contributed by atoms with E-state index in [-0.39, 0.29) is 11.1 Å². The highest BCUT2D eigenvalue weighted by atomic mass is 16.2. The normalized spacial score (nSPS) is 9.83. The van der Waals surface area contributed by atoms with Crippen LogP contribution in [0.3, 0.4) is 0 Å². The van der Waals surface area contributed by atoms with Crippen molar-refractivity contribution >= 4 is 35.2 Å². The third-order valence-corrected chi connectivity index (χ3v) is 2.78. The number of rotatable bonds is 3. The van der Waals surface area contributed by atoms with Gasteiger partial charge in [0.1, 0.15) is 11.5 Å². The van der Waals surface area contributed by atoms with E-state index >= 15 is 0 Å². The molecule has 116 valence electrons. The Morgan fingerprint density at radius 3 is 2.26 bits per heavy atom. The molecule has 9 nitrogen and oxygen atoms in total. The number of aromatic nitrogens is 4. The van der Waals surface area contributed by atoms with Crippen LogP contribution in [0.25, 0.3) is 5.57 Å². The Kier molecular flexibility index (Phi) is 4.53. The number of carbonyl (C=O) groups excluding carboxylic acids is 4. The first-order valence-electron chi connectivity index (χ1n) is 6.42. The molecule has 9 heteroatoms. The first-order chi connectivity index (χ1) is 11.0. The van der Waals surface area contributed by atoms with E-state index in [1.54, 1.807) is 18.2 Å². The first-order valence-corrected chi connectivity index (χ1v) is 6.42. The van der Waals surface area contributed by atoms with Gasteiger partial charge in [-0.3, -0.25) is 14.4 Å². The van der Waals surface area contributed by atoms with Gasteiger partial charge in [0, 0.05) is 13.8 Å². The van der Waals surface area contributed by atoms with Crippen LogP contribution in [0.5, 0.6) is 0 Å². The van der Waals surface area contributed by atoms with E-state index in [1.807, 2.05) is 0 Å². The predicted molar refractivity (Wildman–Crippen MR) is 77.8 cm³/mol. The van der Waals surface area contributed by atoms with Gasteiger partial charge in [0.05, 0.1) is 0 Å². The van der Waals surface area contributed by atoms with Gasteiger partial charge in [0.2, 0.25) is 5.91 Å². The second kappa shape index (κ2) is 6.54. The quantitative estimate of drug-likeness (QED) is 0.584. The molecular weight excluding hydrogens is 302 g/mol. The Labute approximate surface area is 130 Å². The molecule has 0 spiro atoms. The summed E-state index contributed by atoms with van der Waals surface area (Å²) < 4.78 is 0. The van der Waals surface area contributed by atoms with Crippen molar-refractivity contribution in [3.8, 4) is 0 Å². The van der Waals surface area contributed by atoms with E-state index in [1.165, 1.54) is 25.0 Å². The molecule has 2 rings (SSSR count). The van der Waals surface area contributed by atoms with Gasteiger partial charge in [-0.2, -0.15) is 0 Å². The van der Waals surface area contributed by atoms with Crippen LogP contribution in [0.1, 0.15) is 24.2 Å². The van der Waals surface area contributed by atoms with Crippen LogP contribution in [-0.4, -0.2) is 43.9 Å². The van der Waals surface area contributed by atoms with Crippen LogP contribution >= 0.6 is 0 Å². The summed E-state index contributed by atoms with van der Waals surface area (Å²) in [7, 11) is 0. The lowest BCUT2D eigenvalue weighted by Gasteiger charge is -2.14. The number of hydrogen-bond donors (Lipinski definition) is 0. The van der Waals surface area contributed by atoms with Crippen LogP contribution < -0.4 is 4.90 Å². The maximum Gasteiger partial charge on any atom is 0.280 e. The van der Waals surface area contributed by atoms with Crippen molar-refractivity contribution < 1.29 is 19.2 Å². The van der Waals surface area contributed by atoms with Gasteiger partial charge < -0.3 is 0 Å². The third-order valence-electron chi connectivity index (χ3n) is 2.78. The van der Waals surface area contributed by atoms with Crippen molar-refractivity contribution in [2.45, 2.75) is 13.8 Å². The molecule has 0 saturated carbocycles. The largest absolute Gasteiger partial charge is 0.280 e. The standard InChI is InChI=1S/C14H11N5O4/c1-9(21)18(14-15-17-19(16-14)10(2)22)13(23)12(8-20)11-6-4-3-5-7-11/h3-7H,1-2H3. The van der Waals surface area contributed by atoms with Crippen molar-refractivity contribution in [1.82, 2.24) is 20.2 Å².